The van der Waals surface area contributed by atoms with Gasteiger partial charge in [-0.3, -0.25) is 0 Å². The molecular weight excluding hydrogens is 186 g/mol. The van der Waals surface area contributed by atoms with E-state index in [9.17, 15) is 8.78 Å². The van der Waals surface area contributed by atoms with Crippen LogP contribution in [0.1, 0.15) is 25.7 Å². The lowest BCUT2D eigenvalue weighted by Crippen LogP contribution is -2.27. The first-order valence-corrected chi connectivity index (χ1v) is 5.12. The summed E-state index contributed by atoms with van der Waals surface area (Å²) >= 11 is 0. The van der Waals surface area contributed by atoms with Gasteiger partial charge in [0.25, 0.3) is 0 Å². The zero-order valence-corrected chi connectivity index (χ0v) is 8.25. The minimum Gasteiger partial charge on any atom is -0.303 e. The lowest BCUT2D eigenvalue weighted by Gasteiger charge is -2.19. The van der Waals surface area contributed by atoms with Crippen molar-refractivity contribution in [1.29, 1.82) is 5.26 Å². The van der Waals surface area contributed by atoms with Gasteiger partial charge in [-0.15, -0.1) is 0 Å². The monoisotopic (exact) mass is 202 g/mol. The van der Waals surface area contributed by atoms with Gasteiger partial charge in [-0.2, -0.15) is 5.26 Å². The largest absolute Gasteiger partial charge is 0.303 e. The molecule has 1 rings (SSSR count). The van der Waals surface area contributed by atoms with Crippen molar-refractivity contribution in [2.75, 3.05) is 19.6 Å². The van der Waals surface area contributed by atoms with Crippen molar-refractivity contribution in [2.45, 2.75) is 32.1 Å². The highest BCUT2D eigenvalue weighted by atomic mass is 19.3. The summed E-state index contributed by atoms with van der Waals surface area (Å²) in [6.45, 7) is 2.13. The Balaban J connectivity index is 2.24. The van der Waals surface area contributed by atoms with Gasteiger partial charge in [0.2, 0.25) is 6.43 Å². The Labute approximate surface area is 83.5 Å². The molecule has 4 heteroatoms. The average Bonchev–Trinajstić information content (AvgIpc) is 2.39. The molecule has 0 aromatic rings. The van der Waals surface area contributed by atoms with Crippen molar-refractivity contribution < 1.29 is 8.78 Å². The van der Waals surface area contributed by atoms with E-state index in [0.717, 1.165) is 32.4 Å². The molecule has 0 saturated carbocycles. The highest BCUT2D eigenvalue weighted by molar-refractivity contribution is 4.85. The summed E-state index contributed by atoms with van der Waals surface area (Å²) < 4.78 is 23.9. The van der Waals surface area contributed by atoms with Gasteiger partial charge in [-0.25, -0.2) is 8.78 Å². The van der Waals surface area contributed by atoms with Gasteiger partial charge in [-0.05, 0) is 32.4 Å². The third-order valence-corrected chi connectivity index (χ3v) is 2.67. The molecule has 0 amide bonds. The Morgan fingerprint density at radius 2 is 2.14 bits per heavy atom. The summed E-state index contributed by atoms with van der Waals surface area (Å²) in [4.78, 5) is 2.05. The lowest BCUT2D eigenvalue weighted by atomic mass is 10.0. The molecule has 14 heavy (non-hydrogen) atoms. The van der Waals surface area contributed by atoms with E-state index in [1.165, 1.54) is 0 Å². The van der Waals surface area contributed by atoms with E-state index in [-0.39, 0.29) is 12.3 Å². The highest BCUT2D eigenvalue weighted by Gasteiger charge is 2.17. The summed E-state index contributed by atoms with van der Waals surface area (Å²) in [7, 11) is 0. The minimum atomic E-state index is -2.20. The summed E-state index contributed by atoms with van der Waals surface area (Å²) in [5.74, 6) is 0.131. The van der Waals surface area contributed by atoms with Gasteiger partial charge in [0.15, 0.2) is 0 Å². The fourth-order valence-electron chi connectivity index (χ4n) is 1.79. The Bertz CT molecular complexity index is 201. The molecule has 1 aliphatic heterocycles. The molecule has 1 unspecified atom stereocenters. The number of nitriles is 1. The number of likely N-dealkylation sites (tertiary alicyclic amines) is 1. The van der Waals surface area contributed by atoms with E-state index < -0.39 is 6.43 Å². The van der Waals surface area contributed by atoms with E-state index >= 15 is 0 Å². The van der Waals surface area contributed by atoms with Crippen LogP contribution >= 0.6 is 0 Å². The van der Waals surface area contributed by atoms with Gasteiger partial charge in [0.05, 0.1) is 6.07 Å². The van der Waals surface area contributed by atoms with Gasteiger partial charge in [-0.1, -0.05) is 0 Å². The fourth-order valence-corrected chi connectivity index (χ4v) is 1.79. The standard InChI is InChI=1S/C10H16F2N2/c11-10(12)4-7-14-5-1-2-9(8-13)3-6-14/h9-10H,1-7H2. The zero-order valence-electron chi connectivity index (χ0n) is 8.25. The van der Waals surface area contributed by atoms with Crippen LogP contribution < -0.4 is 0 Å². The lowest BCUT2D eigenvalue weighted by molar-refractivity contribution is 0.116. The van der Waals surface area contributed by atoms with Gasteiger partial charge >= 0.3 is 0 Å². The molecule has 0 N–H and O–H groups in total. The van der Waals surface area contributed by atoms with Crippen LogP contribution in [0.4, 0.5) is 8.78 Å². The molecule has 0 spiro atoms. The van der Waals surface area contributed by atoms with Crippen molar-refractivity contribution in [3.8, 4) is 6.07 Å². The quantitative estimate of drug-likeness (QED) is 0.702. The molecular formula is C10H16F2N2. The second-order valence-electron chi connectivity index (χ2n) is 3.78. The first-order chi connectivity index (χ1) is 6.72. The van der Waals surface area contributed by atoms with Crippen LogP contribution in [0.2, 0.25) is 0 Å². The minimum absolute atomic E-state index is 0.0444. The number of hydrogen-bond acceptors (Lipinski definition) is 2. The second-order valence-corrected chi connectivity index (χ2v) is 3.78. The van der Waals surface area contributed by atoms with Crippen molar-refractivity contribution in [3.63, 3.8) is 0 Å². The number of rotatable bonds is 3. The maximum absolute atomic E-state index is 12.0. The van der Waals surface area contributed by atoms with Crippen LogP contribution in [-0.2, 0) is 0 Å². The predicted octanol–water partition coefficient (Wildman–Crippen LogP) is 2.27. The van der Waals surface area contributed by atoms with Crippen LogP contribution in [0.15, 0.2) is 0 Å². The number of nitrogens with zero attached hydrogens (tertiary/aromatic N) is 2. The third-order valence-electron chi connectivity index (χ3n) is 2.67. The Morgan fingerprint density at radius 1 is 1.36 bits per heavy atom. The fraction of sp³-hybridized carbons (Fsp3) is 0.900. The molecule has 1 fully saturated rings. The average molecular weight is 202 g/mol. The molecule has 1 saturated heterocycles. The molecule has 0 aliphatic carbocycles. The zero-order chi connectivity index (χ0) is 10.4. The van der Waals surface area contributed by atoms with Crippen LogP contribution in [-0.4, -0.2) is 31.0 Å². The van der Waals surface area contributed by atoms with Crippen LogP contribution in [0.25, 0.3) is 0 Å². The number of alkyl halides is 2. The summed E-state index contributed by atoms with van der Waals surface area (Å²) in [6.07, 6.45) is 0.463. The SMILES string of the molecule is N#CC1CCCN(CCC(F)F)CC1. The second kappa shape index (κ2) is 5.92. The van der Waals surface area contributed by atoms with Crippen LogP contribution in [0.3, 0.4) is 0 Å². The molecule has 1 aliphatic rings. The molecule has 1 heterocycles. The van der Waals surface area contributed by atoms with Gasteiger partial charge < -0.3 is 4.90 Å². The smallest absolute Gasteiger partial charge is 0.239 e. The third kappa shape index (κ3) is 4.01. The van der Waals surface area contributed by atoms with Gasteiger partial charge in [0.1, 0.15) is 0 Å². The van der Waals surface area contributed by atoms with Crippen LogP contribution in [0.5, 0.6) is 0 Å². The maximum atomic E-state index is 12.0. The van der Waals surface area contributed by atoms with Crippen molar-refractivity contribution in [2.24, 2.45) is 5.92 Å². The molecule has 0 aromatic carbocycles. The molecule has 0 aromatic heterocycles. The number of hydrogen-bond donors (Lipinski definition) is 0. The van der Waals surface area contributed by atoms with Crippen molar-refractivity contribution in [3.05, 3.63) is 0 Å². The Morgan fingerprint density at radius 3 is 2.79 bits per heavy atom. The highest BCUT2D eigenvalue weighted by Crippen LogP contribution is 2.17. The normalized spacial score (nSPS) is 24.6. The van der Waals surface area contributed by atoms with Crippen molar-refractivity contribution in [1.82, 2.24) is 4.90 Å². The van der Waals surface area contributed by atoms with E-state index in [2.05, 4.69) is 6.07 Å². The van der Waals surface area contributed by atoms with Crippen LogP contribution in [0, 0.1) is 17.2 Å². The van der Waals surface area contributed by atoms with E-state index in [1.54, 1.807) is 0 Å². The molecule has 1 atom stereocenters. The molecule has 0 radical (unpaired) electrons. The molecule has 2 nitrogen and oxygen atoms in total. The first-order valence-electron chi connectivity index (χ1n) is 5.12. The van der Waals surface area contributed by atoms with Crippen molar-refractivity contribution >= 4 is 0 Å². The maximum Gasteiger partial charge on any atom is 0.239 e. The summed E-state index contributed by atoms with van der Waals surface area (Å²) in [5.41, 5.74) is 0. The molecule has 80 valence electrons. The van der Waals surface area contributed by atoms with E-state index in [0.29, 0.717) is 6.54 Å². The summed E-state index contributed by atoms with van der Waals surface area (Å²) in [6, 6.07) is 2.25. The first kappa shape index (κ1) is 11.4. The predicted molar refractivity (Wildman–Crippen MR) is 50.0 cm³/mol. The Kier molecular flexibility index (Phi) is 4.81. The Hall–Kier alpha value is -0.690. The van der Waals surface area contributed by atoms with Gasteiger partial charge in [0, 0.05) is 18.9 Å². The number of halogens is 2. The van der Waals surface area contributed by atoms with E-state index in [1.807, 2.05) is 4.90 Å². The summed E-state index contributed by atoms with van der Waals surface area (Å²) in [5, 5.41) is 8.73. The molecule has 0 bridgehead atoms. The topological polar surface area (TPSA) is 27.0 Å². The van der Waals surface area contributed by atoms with E-state index in [4.69, 9.17) is 5.26 Å².